The van der Waals surface area contributed by atoms with Gasteiger partial charge in [-0.3, -0.25) is 9.52 Å². The molecule has 1 amide bonds. The van der Waals surface area contributed by atoms with Crippen LogP contribution >= 0.6 is 46.1 Å². The van der Waals surface area contributed by atoms with Crippen molar-refractivity contribution in [2.75, 3.05) is 9.62 Å². The third-order valence-corrected chi connectivity index (χ3v) is 8.47. The standard InChI is InChI=1S/C20H15Cl3FN3O3S2/c1-20(2)16-14(4-3-11(21)17(16)23)27(18(20)28)9-10-7-13(24)15(8-12(10)22)32(29,30)26-19-25-5-6-31-19/h3-8H,9H2,1-2H3,(H,25,26). The first kappa shape index (κ1) is 23.3. The van der Waals surface area contributed by atoms with Gasteiger partial charge in [0, 0.05) is 27.9 Å². The second-order valence-electron chi connectivity index (χ2n) is 7.59. The lowest BCUT2D eigenvalue weighted by Gasteiger charge is -2.21. The van der Waals surface area contributed by atoms with E-state index in [2.05, 4.69) is 9.71 Å². The molecule has 0 fully saturated rings. The number of carbonyl (C=O) groups excluding carboxylic acids is 1. The lowest BCUT2D eigenvalue weighted by molar-refractivity contribution is -0.122. The Kier molecular flexibility index (Phi) is 5.92. The first-order valence-electron chi connectivity index (χ1n) is 9.14. The zero-order chi connectivity index (χ0) is 23.4. The smallest absolute Gasteiger partial charge is 0.266 e. The first-order chi connectivity index (χ1) is 14.9. The van der Waals surface area contributed by atoms with Crippen molar-refractivity contribution >= 4 is 72.9 Å². The van der Waals surface area contributed by atoms with Gasteiger partial charge < -0.3 is 4.90 Å². The number of nitrogens with one attached hydrogen (secondary N) is 1. The molecule has 0 saturated carbocycles. The number of sulfonamides is 1. The second kappa shape index (κ2) is 8.14. The Bertz CT molecular complexity index is 1350. The summed E-state index contributed by atoms with van der Waals surface area (Å²) < 4.78 is 42.2. The van der Waals surface area contributed by atoms with E-state index in [0.29, 0.717) is 16.3 Å². The van der Waals surface area contributed by atoms with E-state index in [1.807, 2.05) is 0 Å². The molecule has 0 unspecified atom stereocenters. The third kappa shape index (κ3) is 3.86. The highest BCUT2D eigenvalue weighted by molar-refractivity contribution is 7.93. The molecule has 6 nitrogen and oxygen atoms in total. The summed E-state index contributed by atoms with van der Waals surface area (Å²) in [6.07, 6.45) is 1.42. The molecule has 0 atom stereocenters. The molecular weight excluding hydrogens is 520 g/mol. The van der Waals surface area contributed by atoms with Crippen molar-refractivity contribution in [3.63, 3.8) is 0 Å². The molecule has 1 aliphatic heterocycles. The summed E-state index contributed by atoms with van der Waals surface area (Å²) in [5, 5.41) is 2.26. The van der Waals surface area contributed by atoms with Crippen molar-refractivity contribution < 1.29 is 17.6 Å². The van der Waals surface area contributed by atoms with Gasteiger partial charge in [-0.1, -0.05) is 34.8 Å². The van der Waals surface area contributed by atoms with Gasteiger partial charge in [0.1, 0.15) is 10.7 Å². The monoisotopic (exact) mass is 533 g/mol. The minimum Gasteiger partial charge on any atom is -0.307 e. The van der Waals surface area contributed by atoms with E-state index in [4.69, 9.17) is 34.8 Å². The summed E-state index contributed by atoms with van der Waals surface area (Å²) >= 11 is 19.9. The number of hydrogen-bond donors (Lipinski definition) is 1. The number of nitrogens with zero attached hydrogens (tertiary/aromatic N) is 2. The predicted octanol–water partition coefficient (Wildman–Crippen LogP) is 5.87. The summed E-state index contributed by atoms with van der Waals surface area (Å²) in [5.74, 6) is -1.27. The maximum absolute atomic E-state index is 14.9. The molecule has 3 aromatic rings. The Morgan fingerprint density at radius 3 is 2.56 bits per heavy atom. The number of carbonyl (C=O) groups is 1. The molecule has 0 bridgehead atoms. The van der Waals surface area contributed by atoms with E-state index < -0.39 is 26.2 Å². The van der Waals surface area contributed by atoms with Gasteiger partial charge >= 0.3 is 0 Å². The van der Waals surface area contributed by atoms with Crippen LogP contribution < -0.4 is 9.62 Å². The average molecular weight is 535 g/mol. The van der Waals surface area contributed by atoms with Gasteiger partial charge in [-0.2, -0.15) is 0 Å². The Balaban J connectivity index is 1.70. The molecule has 0 radical (unpaired) electrons. The van der Waals surface area contributed by atoms with Crippen molar-refractivity contribution in [1.82, 2.24) is 4.98 Å². The quantitative estimate of drug-likeness (QED) is 0.444. The number of fused-ring (bicyclic) bond motifs is 1. The molecular formula is C20H15Cl3FN3O3S2. The van der Waals surface area contributed by atoms with Crippen LogP contribution in [0.4, 0.5) is 15.2 Å². The highest BCUT2D eigenvalue weighted by Gasteiger charge is 2.46. The fourth-order valence-electron chi connectivity index (χ4n) is 3.58. The van der Waals surface area contributed by atoms with Crippen molar-refractivity contribution in [1.29, 1.82) is 0 Å². The minimum absolute atomic E-state index is 0.00923. The van der Waals surface area contributed by atoms with E-state index in [1.165, 1.54) is 11.1 Å². The number of amides is 1. The lowest BCUT2D eigenvalue weighted by atomic mass is 9.86. The fraction of sp³-hybridized carbons (Fsp3) is 0.200. The maximum atomic E-state index is 14.9. The number of hydrogen-bond acceptors (Lipinski definition) is 5. The highest BCUT2D eigenvalue weighted by atomic mass is 35.5. The Morgan fingerprint density at radius 1 is 1.19 bits per heavy atom. The van der Waals surface area contributed by atoms with Crippen molar-refractivity contribution in [3.8, 4) is 0 Å². The third-order valence-electron chi connectivity index (χ3n) is 5.14. The van der Waals surface area contributed by atoms with Crippen LogP contribution in [0.15, 0.2) is 40.7 Å². The van der Waals surface area contributed by atoms with Crippen LogP contribution in [-0.4, -0.2) is 19.3 Å². The Morgan fingerprint density at radius 2 is 1.91 bits per heavy atom. The summed E-state index contributed by atoms with van der Waals surface area (Å²) in [6, 6.07) is 5.27. The maximum Gasteiger partial charge on any atom is 0.266 e. The normalized spacial score (nSPS) is 15.2. The van der Waals surface area contributed by atoms with Crippen molar-refractivity contribution in [2.45, 2.75) is 30.7 Å². The lowest BCUT2D eigenvalue weighted by Crippen LogP contribution is -2.36. The van der Waals surface area contributed by atoms with Gasteiger partial charge in [-0.05, 0) is 43.7 Å². The molecule has 4 rings (SSSR count). The average Bonchev–Trinajstić information content (AvgIpc) is 3.27. The van der Waals surface area contributed by atoms with E-state index in [1.54, 1.807) is 31.4 Å². The van der Waals surface area contributed by atoms with E-state index in [9.17, 15) is 17.6 Å². The summed E-state index contributed by atoms with van der Waals surface area (Å²) in [4.78, 5) is 17.8. The van der Waals surface area contributed by atoms with Gasteiger partial charge in [0.25, 0.3) is 10.0 Å². The number of benzene rings is 2. The summed E-state index contributed by atoms with van der Waals surface area (Å²) in [6.45, 7) is 3.36. The number of rotatable bonds is 5. The van der Waals surface area contributed by atoms with Crippen molar-refractivity contribution in [3.05, 3.63) is 67.9 Å². The van der Waals surface area contributed by atoms with Gasteiger partial charge in [-0.25, -0.2) is 17.8 Å². The van der Waals surface area contributed by atoms with Crippen LogP contribution in [0.3, 0.4) is 0 Å². The molecule has 0 saturated heterocycles. The fourth-order valence-corrected chi connectivity index (χ4v) is 6.30. The zero-order valence-electron chi connectivity index (χ0n) is 16.6. The Hall–Kier alpha value is -1.91. The zero-order valence-corrected chi connectivity index (χ0v) is 20.5. The van der Waals surface area contributed by atoms with Gasteiger partial charge in [0.05, 0.1) is 22.0 Å². The van der Waals surface area contributed by atoms with Crippen LogP contribution in [0.1, 0.15) is 25.0 Å². The molecule has 1 aromatic heterocycles. The summed E-state index contributed by atoms with van der Waals surface area (Å²) in [7, 11) is -4.24. The molecule has 1 aliphatic rings. The minimum atomic E-state index is -4.24. The molecule has 0 spiro atoms. The molecule has 1 N–H and O–H groups in total. The number of aromatic nitrogens is 1. The SMILES string of the molecule is CC1(C)C(=O)N(Cc2cc(F)c(S(=O)(=O)Nc3nccs3)cc2Cl)c2ccc(Cl)c(Cl)c21. The van der Waals surface area contributed by atoms with Gasteiger partial charge in [-0.15, -0.1) is 11.3 Å². The predicted molar refractivity (Wildman–Crippen MR) is 125 cm³/mol. The van der Waals surface area contributed by atoms with Crippen LogP contribution in [0, 0.1) is 5.82 Å². The van der Waals surface area contributed by atoms with Gasteiger partial charge in [0.15, 0.2) is 5.13 Å². The molecule has 12 heteroatoms. The molecule has 32 heavy (non-hydrogen) atoms. The van der Waals surface area contributed by atoms with Crippen LogP contribution in [0.2, 0.25) is 15.1 Å². The van der Waals surface area contributed by atoms with Crippen LogP contribution in [-0.2, 0) is 26.8 Å². The molecule has 2 aromatic carbocycles. The second-order valence-corrected chi connectivity index (χ2v) is 11.3. The molecule has 0 aliphatic carbocycles. The van der Waals surface area contributed by atoms with E-state index in [0.717, 1.165) is 23.5 Å². The van der Waals surface area contributed by atoms with Crippen LogP contribution in [0.25, 0.3) is 0 Å². The Labute approximate surface area is 203 Å². The van der Waals surface area contributed by atoms with E-state index >= 15 is 0 Å². The van der Waals surface area contributed by atoms with E-state index in [-0.39, 0.29) is 33.2 Å². The topological polar surface area (TPSA) is 79.4 Å². The van der Waals surface area contributed by atoms with Crippen LogP contribution in [0.5, 0.6) is 0 Å². The number of anilines is 2. The first-order valence-corrected chi connectivity index (χ1v) is 12.6. The van der Waals surface area contributed by atoms with Crippen molar-refractivity contribution in [2.24, 2.45) is 0 Å². The summed E-state index contributed by atoms with van der Waals surface area (Å²) in [5.41, 5.74) is 0.386. The molecule has 2 heterocycles. The number of halogens is 4. The number of thiazole rings is 1. The largest absolute Gasteiger partial charge is 0.307 e. The molecule has 168 valence electrons. The van der Waals surface area contributed by atoms with Gasteiger partial charge in [0.2, 0.25) is 5.91 Å². The highest BCUT2D eigenvalue weighted by Crippen LogP contribution is 2.48.